The Morgan fingerprint density at radius 2 is 1.06 bits per heavy atom. The highest BCUT2D eigenvalue weighted by Gasteiger charge is 2.37. The van der Waals surface area contributed by atoms with Gasteiger partial charge in [-0.3, -0.25) is 14.8 Å². The number of rotatable bonds is 10. The van der Waals surface area contributed by atoms with Gasteiger partial charge in [-0.25, -0.2) is 25.4 Å². The molecule has 4 heterocycles. The highest BCUT2D eigenvalue weighted by molar-refractivity contribution is 7.88. The molecular weight excluding hydrogens is 868 g/mol. The van der Waals surface area contributed by atoms with E-state index in [4.69, 9.17) is 33.2 Å². The number of aromatic nitrogens is 2. The molecule has 0 radical (unpaired) electrons. The molecule has 2 aliphatic heterocycles. The minimum atomic E-state index is -3.20. The number of benzene rings is 2. The molecular formula is C47H52Cl2N4O7S2. The van der Waals surface area contributed by atoms with Gasteiger partial charge in [-0.1, -0.05) is 59.6 Å². The molecule has 2 aliphatic carbocycles. The summed E-state index contributed by atoms with van der Waals surface area (Å²) >= 11 is 12.7. The Hall–Kier alpha value is -4.24. The molecule has 2 saturated heterocycles. The summed E-state index contributed by atoms with van der Waals surface area (Å²) in [5.41, 5.74) is 10.3. The summed E-state index contributed by atoms with van der Waals surface area (Å²) in [6.07, 6.45) is 14.9. The van der Waals surface area contributed by atoms with Gasteiger partial charge < -0.3 is 9.90 Å². The van der Waals surface area contributed by atoms with Crippen molar-refractivity contribution in [2.75, 3.05) is 38.7 Å². The lowest BCUT2D eigenvalue weighted by Gasteiger charge is -2.35. The zero-order valence-corrected chi connectivity index (χ0v) is 38.3. The first-order chi connectivity index (χ1) is 29.5. The van der Waals surface area contributed by atoms with Crippen LogP contribution in [0.3, 0.4) is 0 Å². The highest BCUT2D eigenvalue weighted by Crippen LogP contribution is 2.47. The van der Waals surface area contributed by atoms with Gasteiger partial charge in [-0.2, -0.15) is 0 Å². The smallest absolute Gasteiger partial charge is 0.303 e. The minimum Gasteiger partial charge on any atom is -0.481 e. The number of carbonyl (C=O) groups is 2. The lowest BCUT2D eigenvalue weighted by atomic mass is 9.76. The molecule has 2 aromatic carbocycles. The van der Waals surface area contributed by atoms with E-state index in [0.717, 1.165) is 76.0 Å². The van der Waals surface area contributed by atoms with Crippen LogP contribution in [0.4, 0.5) is 0 Å². The van der Waals surface area contributed by atoms with Crippen molar-refractivity contribution in [3.8, 4) is 0 Å². The van der Waals surface area contributed by atoms with Crippen LogP contribution in [0.1, 0.15) is 115 Å². The Kier molecular flexibility index (Phi) is 14.2. The topological polar surface area (TPSA) is 155 Å². The molecule has 1 N–H and O–H groups in total. The van der Waals surface area contributed by atoms with E-state index >= 15 is 0 Å². The Balaban J connectivity index is 0.000000186. The highest BCUT2D eigenvalue weighted by atomic mass is 35.5. The van der Waals surface area contributed by atoms with Crippen molar-refractivity contribution >= 4 is 78.3 Å². The summed E-state index contributed by atoms with van der Waals surface area (Å²) in [7, 11) is -6.38. The van der Waals surface area contributed by atoms with E-state index in [-0.39, 0.29) is 35.9 Å². The molecule has 328 valence electrons. The van der Waals surface area contributed by atoms with Crippen molar-refractivity contribution in [2.24, 2.45) is 11.8 Å². The number of carbonyl (C=O) groups excluding carboxylic acids is 1. The molecule has 0 spiro atoms. The second kappa shape index (κ2) is 19.2. The molecule has 62 heavy (non-hydrogen) atoms. The first kappa shape index (κ1) is 45.8. The largest absolute Gasteiger partial charge is 0.481 e. The SMILES string of the molecule is CC(=O)CCC1=Cc2cc(Cl)ccc2C(C2CCN(S(C)(=O)=O)CC2)c2ncccc21.CS(=O)(=O)N1CCC(C2c3ccc(Cl)cc3C=C(CCC(=O)O)c3cccnc32)CC1. The third kappa shape index (κ3) is 10.6. The maximum absolute atomic E-state index is 12.0. The molecule has 11 nitrogen and oxygen atoms in total. The van der Waals surface area contributed by atoms with E-state index in [2.05, 4.69) is 18.2 Å². The summed E-state index contributed by atoms with van der Waals surface area (Å²) in [4.78, 5) is 32.5. The van der Waals surface area contributed by atoms with Gasteiger partial charge in [0.2, 0.25) is 20.0 Å². The zero-order valence-electron chi connectivity index (χ0n) is 35.1. The number of ketones is 1. The standard InChI is InChI=1S/C24H27ClN2O3S.C23H25ClN2O4S/c1-16(28)5-6-18-14-19-15-20(25)7-8-21(19)23(24-22(18)4-3-11-26-24)17-9-12-27(13-10-17)31(2,29)30;1-31(29,30)26-11-8-15(9-12-26)22-19-6-5-18(24)14-17(19)13-16(4-7-21(27)28)20-3-2-10-25-23(20)22/h3-4,7-8,11,14-15,17,23H,5-6,9-10,12-13H2,1-2H3;2-3,5-6,10,13-15,22H,4,7-9,11-12H2,1H3,(H,27,28). The van der Waals surface area contributed by atoms with Crippen LogP contribution < -0.4 is 0 Å². The van der Waals surface area contributed by atoms with Crippen LogP contribution in [0, 0.1) is 11.8 Å². The van der Waals surface area contributed by atoms with Gasteiger partial charge in [0.05, 0.1) is 23.9 Å². The number of pyridine rings is 2. The predicted octanol–water partition coefficient (Wildman–Crippen LogP) is 9.02. The molecule has 8 rings (SSSR count). The number of hydrogen-bond acceptors (Lipinski definition) is 8. The van der Waals surface area contributed by atoms with Crippen molar-refractivity contribution in [2.45, 2.75) is 70.1 Å². The van der Waals surface area contributed by atoms with Crippen molar-refractivity contribution < 1.29 is 31.5 Å². The number of carboxylic acids is 1. The molecule has 0 bridgehead atoms. The van der Waals surface area contributed by atoms with Crippen LogP contribution >= 0.6 is 23.2 Å². The number of allylic oxidation sites excluding steroid dienone is 2. The monoisotopic (exact) mass is 918 g/mol. The molecule has 0 amide bonds. The maximum Gasteiger partial charge on any atom is 0.303 e. The van der Waals surface area contributed by atoms with E-state index in [1.165, 1.54) is 18.1 Å². The second-order valence-electron chi connectivity index (χ2n) is 16.8. The molecule has 2 unspecified atom stereocenters. The Morgan fingerprint density at radius 1 is 0.661 bits per heavy atom. The van der Waals surface area contributed by atoms with Crippen LogP contribution in [-0.4, -0.2) is 91.0 Å². The number of piperidine rings is 2. The number of sulfonamides is 2. The van der Waals surface area contributed by atoms with Crippen LogP contribution in [0.5, 0.6) is 0 Å². The number of Topliss-reactive ketones (excluding diaryl/α,β-unsaturated/α-hetero) is 1. The number of carboxylic acid groups (broad SMARTS) is 1. The fourth-order valence-electron chi connectivity index (χ4n) is 9.61. The second-order valence-corrected chi connectivity index (χ2v) is 21.6. The number of fused-ring (bicyclic) bond motifs is 4. The number of hydrogen-bond donors (Lipinski definition) is 1. The van der Waals surface area contributed by atoms with Gasteiger partial charge in [-0.05, 0) is 138 Å². The van der Waals surface area contributed by atoms with Gasteiger partial charge in [0.25, 0.3) is 0 Å². The van der Waals surface area contributed by atoms with Crippen molar-refractivity contribution in [3.63, 3.8) is 0 Å². The first-order valence-electron chi connectivity index (χ1n) is 21.0. The fraction of sp³-hybridized carbons (Fsp3) is 0.404. The van der Waals surface area contributed by atoms with Gasteiger partial charge in [0, 0.05) is 73.3 Å². The first-order valence-corrected chi connectivity index (χ1v) is 25.4. The van der Waals surface area contributed by atoms with E-state index in [9.17, 15) is 31.5 Å². The lowest BCUT2D eigenvalue weighted by Crippen LogP contribution is -2.39. The molecule has 15 heteroatoms. The molecule has 4 aromatic rings. The van der Waals surface area contributed by atoms with Crippen LogP contribution in [0.25, 0.3) is 23.3 Å². The molecule has 2 atom stereocenters. The lowest BCUT2D eigenvalue weighted by molar-refractivity contribution is -0.136. The van der Waals surface area contributed by atoms with Gasteiger partial charge in [-0.15, -0.1) is 0 Å². The number of nitrogens with zero attached hydrogens (tertiary/aromatic N) is 4. The summed E-state index contributed by atoms with van der Waals surface area (Å²) in [5.74, 6) is -0.149. The summed E-state index contributed by atoms with van der Waals surface area (Å²) in [6, 6.07) is 19.7. The fourth-order valence-corrected chi connectivity index (χ4v) is 11.7. The Labute approximate surface area is 375 Å². The Morgan fingerprint density at radius 3 is 1.44 bits per heavy atom. The van der Waals surface area contributed by atoms with Crippen LogP contribution in [0.15, 0.2) is 73.1 Å². The average molecular weight is 920 g/mol. The zero-order chi connectivity index (χ0) is 44.3. The van der Waals surface area contributed by atoms with Gasteiger partial charge in [0.15, 0.2) is 0 Å². The molecule has 2 aromatic heterocycles. The minimum absolute atomic E-state index is 0.0104. The van der Waals surface area contributed by atoms with E-state index in [0.29, 0.717) is 55.5 Å². The van der Waals surface area contributed by atoms with Crippen LogP contribution in [0.2, 0.25) is 10.0 Å². The van der Waals surface area contributed by atoms with Crippen molar-refractivity contribution in [3.05, 3.63) is 128 Å². The van der Waals surface area contributed by atoms with Crippen LogP contribution in [-0.2, 0) is 29.6 Å². The molecule has 0 saturated carbocycles. The maximum atomic E-state index is 12.0. The molecule has 2 fully saturated rings. The number of halogens is 2. The third-order valence-corrected chi connectivity index (χ3v) is 15.7. The average Bonchev–Trinajstić information content (AvgIpc) is 3.45. The van der Waals surface area contributed by atoms with Crippen molar-refractivity contribution in [1.82, 2.24) is 18.6 Å². The van der Waals surface area contributed by atoms with Gasteiger partial charge >= 0.3 is 5.97 Å². The summed E-state index contributed by atoms with van der Waals surface area (Å²) < 4.78 is 51.0. The Bertz CT molecular complexity index is 2450. The summed E-state index contributed by atoms with van der Waals surface area (Å²) in [5, 5.41) is 10.5. The van der Waals surface area contributed by atoms with Crippen molar-refractivity contribution in [1.29, 1.82) is 0 Å². The molecule has 4 aliphatic rings. The van der Waals surface area contributed by atoms with Gasteiger partial charge in [0.1, 0.15) is 5.78 Å². The third-order valence-electron chi connectivity index (χ3n) is 12.6. The normalized spacial score (nSPS) is 19.8. The summed E-state index contributed by atoms with van der Waals surface area (Å²) in [6.45, 7) is 3.64. The quantitative estimate of drug-likeness (QED) is 0.164. The van der Waals surface area contributed by atoms with E-state index in [1.807, 2.05) is 60.8 Å². The predicted molar refractivity (Wildman–Crippen MR) is 246 cm³/mol. The van der Waals surface area contributed by atoms with E-state index < -0.39 is 26.0 Å². The van der Waals surface area contributed by atoms with E-state index in [1.54, 1.807) is 21.7 Å². The number of aliphatic carboxylic acids is 1.